The molecule has 66 valence electrons. The number of hydrogen-bond donors (Lipinski definition) is 0. The van der Waals surface area contributed by atoms with Crippen molar-refractivity contribution in [1.29, 1.82) is 0 Å². The number of hydrogen-bond acceptors (Lipinski definition) is 1. The highest BCUT2D eigenvalue weighted by molar-refractivity contribution is 5.83. The Bertz CT molecular complexity index is 377. The van der Waals surface area contributed by atoms with Crippen molar-refractivity contribution in [2.75, 3.05) is 0 Å². The molecule has 0 heterocycles. The molecular weight excluding hydrogens is 158 g/mol. The molecule has 0 fully saturated rings. The van der Waals surface area contributed by atoms with E-state index in [1.165, 1.54) is 5.56 Å². The third-order valence-electron chi connectivity index (χ3n) is 1.65. The number of aryl methyl sites for hydroxylation is 1. The highest BCUT2D eigenvalue weighted by Gasteiger charge is 1.97. The second-order valence-corrected chi connectivity index (χ2v) is 3.22. The van der Waals surface area contributed by atoms with Crippen molar-refractivity contribution in [3.8, 4) is 12.3 Å². The quantitative estimate of drug-likeness (QED) is 0.455. The molecule has 0 radical (unpaired) electrons. The maximum atomic E-state index is 5.36. The van der Waals surface area contributed by atoms with Crippen LogP contribution in [0.3, 0.4) is 0 Å². The summed E-state index contributed by atoms with van der Waals surface area (Å²) in [5, 5.41) is 0. The third-order valence-corrected chi connectivity index (χ3v) is 1.65. The number of nitrogens with zero attached hydrogens (tertiary/aromatic N) is 1. The van der Waals surface area contributed by atoms with Gasteiger partial charge < -0.3 is 0 Å². The first-order chi connectivity index (χ1) is 6.13. The summed E-state index contributed by atoms with van der Waals surface area (Å²) in [5.74, 6) is 2.62. The van der Waals surface area contributed by atoms with Crippen LogP contribution in [0.1, 0.15) is 25.0 Å². The smallest absolute Gasteiger partial charge is 0.0787 e. The van der Waals surface area contributed by atoms with Gasteiger partial charge in [0.2, 0.25) is 0 Å². The van der Waals surface area contributed by atoms with Crippen LogP contribution in [0.15, 0.2) is 23.2 Å². The van der Waals surface area contributed by atoms with Crippen molar-refractivity contribution in [3.05, 3.63) is 29.3 Å². The fourth-order valence-corrected chi connectivity index (χ4v) is 1.10. The minimum Gasteiger partial charge on any atom is -0.257 e. The number of benzene rings is 1. The Hall–Kier alpha value is -1.55. The SMILES string of the molecule is C#Cc1ccc(C)cc1N=C(C)C. The fraction of sp³-hybridized carbons (Fsp3) is 0.250. The van der Waals surface area contributed by atoms with Gasteiger partial charge in [0.25, 0.3) is 0 Å². The van der Waals surface area contributed by atoms with E-state index in [2.05, 4.69) is 10.9 Å². The molecule has 0 unspecified atom stereocenters. The molecule has 0 N–H and O–H groups in total. The van der Waals surface area contributed by atoms with Gasteiger partial charge in [0.15, 0.2) is 0 Å². The highest BCUT2D eigenvalue weighted by Crippen LogP contribution is 2.20. The zero-order valence-corrected chi connectivity index (χ0v) is 8.26. The number of rotatable bonds is 1. The molecule has 0 aliphatic rings. The summed E-state index contributed by atoms with van der Waals surface area (Å²) in [6.45, 7) is 5.95. The second kappa shape index (κ2) is 3.91. The normalized spacial score (nSPS) is 9.08. The van der Waals surface area contributed by atoms with Gasteiger partial charge in [-0.2, -0.15) is 0 Å². The average molecular weight is 171 g/mol. The Morgan fingerprint density at radius 3 is 2.62 bits per heavy atom. The van der Waals surface area contributed by atoms with Crippen molar-refractivity contribution in [2.45, 2.75) is 20.8 Å². The van der Waals surface area contributed by atoms with Crippen LogP contribution in [0.5, 0.6) is 0 Å². The molecule has 0 bridgehead atoms. The van der Waals surface area contributed by atoms with Crippen molar-refractivity contribution in [3.63, 3.8) is 0 Å². The molecule has 0 saturated heterocycles. The molecule has 1 rings (SSSR count). The average Bonchev–Trinajstić information content (AvgIpc) is 2.03. The summed E-state index contributed by atoms with van der Waals surface area (Å²) in [6, 6.07) is 5.93. The van der Waals surface area contributed by atoms with E-state index in [0.717, 1.165) is 17.0 Å². The molecule has 13 heavy (non-hydrogen) atoms. The van der Waals surface area contributed by atoms with Gasteiger partial charge in [-0.3, -0.25) is 4.99 Å². The van der Waals surface area contributed by atoms with Gasteiger partial charge in [-0.1, -0.05) is 12.0 Å². The third kappa shape index (κ3) is 2.45. The van der Waals surface area contributed by atoms with Crippen molar-refractivity contribution in [1.82, 2.24) is 0 Å². The van der Waals surface area contributed by atoms with Crippen LogP contribution in [0.2, 0.25) is 0 Å². The lowest BCUT2D eigenvalue weighted by Crippen LogP contribution is -1.83. The van der Waals surface area contributed by atoms with Crippen LogP contribution in [0.25, 0.3) is 0 Å². The summed E-state index contributed by atoms with van der Waals surface area (Å²) >= 11 is 0. The van der Waals surface area contributed by atoms with Crippen molar-refractivity contribution < 1.29 is 0 Å². The van der Waals surface area contributed by atoms with E-state index >= 15 is 0 Å². The predicted octanol–water partition coefficient (Wildman–Crippen LogP) is 3.09. The molecule has 1 aromatic rings. The lowest BCUT2D eigenvalue weighted by atomic mass is 10.1. The topological polar surface area (TPSA) is 12.4 Å². The monoisotopic (exact) mass is 171 g/mol. The number of terminal acetylenes is 1. The first-order valence-corrected chi connectivity index (χ1v) is 4.22. The summed E-state index contributed by atoms with van der Waals surface area (Å²) in [7, 11) is 0. The minimum absolute atomic E-state index is 0.854. The minimum atomic E-state index is 0.854. The Morgan fingerprint density at radius 2 is 2.08 bits per heavy atom. The molecule has 0 aliphatic heterocycles. The van der Waals surface area contributed by atoms with Gasteiger partial charge in [0, 0.05) is 11.3 Å². The van der Waals surface area contributed by atoms with Crippen LogP contribution >= 0.6 is 0 Å². The largest absolute Gasteiger partial charge is 0.257 e. The fourth-order valence-electron chi connectivity index (χ4n) is 1.10. The standard InChI is InChI=1S/C12H13N/c1-5-11-7-6-10(4)8-12(11)13-9(2)3/h1,6-8H,2-4H3. The van der Waals surface area contributed by atoms with Gasteiger partial charge in [0.05, 0.1) is 5.69 Å². The van der Waals surface area contributed by atoms with Gasteiger partial charge in [-0.05, 0) is 38.5 Å². The molecule has 0 saturated carbocycles. The Labute approximate surface area is 79.5 Å². The van der Waals surface area contributed by atoms with Crippen LogP contribution < -0.4 is 0 Å². The first kappa shape index (κ1) is 9.54. The maximum absolute atomic E-state index is 5.36. The van der Waals surface area contributed by atoms with E-state index < -0.39 is 0 Å². The summed E-state index contributed by atoms with van der Waals surface area (Å²) in [4.78, 5) is 4.37. The van der Waals surface area contributed by atoms with Crippen LogP contribution in [-0.2, 0) is 0 Å². The molecule has 0 aromatic heterocycles. The van der Waals surface area contributed by atoms with Gasteiger partial charge in [-0.25, -0.2) is 0 Å². The summed E-state index contributed by atoms with van der Waals surface area (Å²) in [5.41, 5.74) is 3.94. The van der Waals surface area contributed by atoms with E-state index in [4.69, 9.17) is 6.42 Å². The zero-order chi connectivity index (χ0) is 9.84. The Balaban J connectivity index is 3.26. The predicted molar refractivity (Wildman–Crippen MR) is 57.6 cm³/mol. The van der Waals surface area contributed by atoms with Crippen LogP contribution in [0.4, 0.5) is 5.69 Å². The van der Waals surface area contributed by atoms with E-state index in [0.29, 0.717) is 0 Å². The van der Waals surface area contributed by atoms with Crippen LogP contribution in [-0.4, -0.2) is 5.71 Å². The first-order valence-electron chi connectivity index (χ1n) is 4.22. The molecule has 0 amide bonds. The van der Waals surface area contributed by atoms with E-state index in [1.54, 1.807) is 0 Å². The molecule has 0 aliphatic carbocycles. The summed E-state index contributed by atoms with van der Waals surface area (Å²) < 4.78 is 0. The molecule has 1 heteroatoms. The molecule has 0 spiro atoms. The lowest BCUT2D eigenvalue weighted by molar-refractivity contribution is 1.39. The molecule has 1 nitrogen and oxygen atoms in total. The highest BCUT2D eigenvalue weighted by atomic mass is 14.7. The van der Waals surface area contributed by atoms with Crippen LogP contribution in [0, 0.1) is 19.3 Å². The van der Waals surface area contributed by atoms with Crippen molar-refractivity contribution >= 4 is 11.4 Å². The number of aliphatic imine (C=N–C) groups is 1. The van der Waals surface area contributed by atoms with Crippen molar-refractivity contribution in [2.24, 2.45) is 4.99 Å². The Morgan fingerprint density at radius 1 is 1.38 bits per heavy atom. The van der Waals surface area contributed by atoms with Gasteiger partial charge in [0.1, 0.15) is 0 Å². The molecule has 0 atom stereocenters. The van der Waals surface area contributed by atoms with E-state index in [-0.39, 0.29) is 0 Å². The Kier molecular flexibility index (Phi) is 2.87. The lowest BCUT2D eigenvalue weighted by Gasteiger charge is -2.00. The van der Waals surface area contributed by atoms with Gasteiger partial charge in [-0.15, -0.1) is 6.42 Å². The second-order valence-electron chi connectivity index (χ2n) is 3.22. The van der Waals surface area contributed by atoms with E-state index in [1.807, 2.05) is 39.0 Å². The van der Waals surface area contributed by atoms with E-state index in [9.17, 15) is 0 Å². The molecular formula is C12H13N. The molecule has 1 aromatic carbocycles. The van der Waals surface area contributed by atoms with Gasteiger partial charge >= 0.3 is 0 Å². The zero-order valence-electron chi connectivity index (χ0n) is 8.26. The summed E-state index contributed by atoms with van der Waals surface area (Å²) in [6.07, 6.45) is 5.36. The maximum Gasteiger partial charge on any atom is 0.0787 e.